The highest BCUT2D eigenvalue weighted by Gasteiger charge is 2.44. The van der Waals surface area contributed by atoms with Gasteiger partial charge in [0.15, 0.2) is 11.5 Å². The predicted molar refractivity (Wildman–Crippen MR) is 134 cm³/mol. The molecule has 0 bridgehead atoms. The van der Waals surface area contributed by atoms with Crippen molar-refractivity contribution >= 4 is 28.5 Å². The second-order valence-corrected chi connectivity index (χ2v) is 9.59. The van der Waals surface area contributed by atoms with E-state index in [4.69, 9.17) is 0 Å². The molecule has 2 N–H and O–H groups in total. The minimum atomic E-state index is -2.71. The summed E-state index contributed by atoms with van der Waals surface area (Å²) in [6.45, 7) is 4.83. The third kappa shape index (κ3) is 3.89. The number of pyridine rings is 1. The number of aromatic nitrogens is 5. The normalized spacial score (nSPS) is 16.8. The molecular weight excluding hydrogens is 466 g/mol. The van der Waals surface area contributed by atoms with E-state index in [-0.39, 0.29) is 24.7 Å². The zero-order chi connectivity index (χ0) is 25.0. The van der Waals surface area contributed by atoms with Gasteiger partial charge in [0, 0.05) is 24.5 Å². The summed E-state index contributed by atoms with van der Waals surface area (Å²) in [4.78, 5) is 28.5. The maximum Gasteiger partial charge on any atom is 0.282 e. The number of alkyl halides is 2. The molecule has 9 nitrogen and oxygen atoms in total. The fraction of sp³-hybridized carbons (Fsp3) is 0.360. The van der Waals surface area contributed by atoms with E-state index in [1.165, 1.54) is 22.2 Å². The largest absolute Gasteiger partial charge is 0.344 e. The molecule has 11 heteroatoms. The summed E-state index contributed by atoms with van der Waals surface area (Å²) in [5.41, 5.74) is 3.57. The molecular formula is C25H26F2N8O. The summed E-state index contributed by atoms with van der Waals surface area (Å²) in [5.74, 6) is -1.50. The van der Waals surface area contributed by atoms with Gasteiger partial charge in [0.1, 0.15) is 11.2 Å². The maximum atomic E-state index is 13.4. The van der Waals surface area contributed by atoms with Gasteiger partial charge in [0.25, 0.3) is 11.5 Å². The topological polar surface area (TPSA) is 92.9 Å². The first kappa shape index (κ1) is 22.6. The Bertz CT molecular complexity index is 1520. The van der Waals surface area contributed by atoms with Gasteiger partial charge in [-0.05, 0) is 62.2 Å². The number of halogens is 2. The van der Waals surface area contributed by atoms with Crippen molar-refractivity contribution in [3.63, 3.8) is 0 Å². The van der Waals surface area contributed by atoms with E-state index in [1.54, 1.807) is 27.6 Å². The Morgan fingerprint density at radius 1 is 1.08 bits per heavy atom. The highest BCUT2D eigenvalue weighted by Crippen LogP contribution is 2.31. The van der Waals surface area contributed by atoms with Crippen molar-refractivity contribution in [1.29, 1.82) is 0 Å². The lowest BCUT2D eigenvalue weighted by atomic mass is 10.0. The highest BCUT2D eigenvalue weighted by molar-refractivity contribution is 5.77. The molecule has 0 aliphatic carbocycles. The Morgan fingerprint density at radius 2 is 1.89 bits per heavy atom. The zero-order valence-corrected chi connectivity index (χ0v) is 20.0. The smallest absolute Gasteiger partial charge is 0.282 e. The lowest BCUT2D eigenvalue weighted by molar-refractivity contribution is -0.0267. The molecule has 6 rings (SSSR count). The van der Waals surface area contributed by atoms with E-state index >= 15 is 0 Å². The van der Waals surface area contributed by atoms with Crippen LogP contribution in [0.15, 0.2) is 47.4 Å². The monoisotopic (exact) mass is 492 g/mol. The first-order chi connectivity index (χ1) is 17.3. The van der Waals surface area contributed by atoms with Gasteiger partial charge >= 0.3 is 0 Å². The van der Waals surface area contributed by atoms with Crippen molar-refractivity contribution in [3.05, 3.63) is 64.1 Å². The minimum absolute atomic E-state index is 0.198. The molecule has 2 aliphatic rings. The second-order valence-electron chi connectivity index (χ2n) is 9.59. The van der Waals surface area contributed by atoms with Crippen LogP contribution in [0.3, 0.4) is 0 Å². The van der Waals surface area contributed by atoms with Crippen molar-refractivity contribution in [2.75, 3.05) is 29.9 Å². The second kappa shape index (κ2) is 8.37. The lowest BCUT2D eigenvalue weighted by Gasteiger charge is -2.39. The average Bonchev–Trinajstić information content (AvgIpc) is 3.14. The predicted octanol–water partition coefficient (Wildman–Crippen LogP) is 3.40. The van der Waals surface area contributed by atoms with E-state index in [1.807, 2.05) is 19.9 Å². The fourth-order valence-corrected chi connectivity index (χ4v) is 4.81. The number of fused-ring (bicyclic) bond motifs is 2. The molecule has 36 heavy (non-hydrogen) atoms. The number of nitrogens with one attached hydrogen (secondary N) is 2. The van der Waals surface area contributed by atoms with Crippen LogP contribution in [-0.4, -0.2) is 49.9 Å². The van der Waals surface area contributed by atoms with Crippen LogP contribution in [0.25, 0.3) is 16.9 Å². The molecule has 0 radical (unpaired) electrons. The molecule has 1 aromatic carbocycles. The van der Waals surface area contributed by atoms with Gasteiger partial charge in [0.05, 0.1) is 13.1 Å². The number of nitrogens with zero attached hydrogens (tertiary/aromatic N) is 6. The fourth-order valence-electron chi connectivity index (χ4n) is 4.81. The summed E-state index contributed by atoms with van der Waals surface area (Å²) < 4.78 is 30.1. The molecule has 2 aliphatic heterocycles. The minimum Gasteiger partial charge on any atom is -0.344 e. The van der Waals surface area contributed by atoms with E-state index in [0.717, 1.165) is 25.2 Å². The number of hydrogen-bond donors (Lipinski definition) is 2. The van der Waals surface area contributed by atoms with Crippen LogP contribution in [0.5, 0.6) is 0 Å². The molecule has 0 atom stereocenters. The molecule has 1 saturated heterocycles. The Hall–Kier alpha value is -3.86. The number of anilines is 3. The summed E-state index contributed by atoms with van der Waals surface area (Å²) >= 11 is 0. The summed E-state index contributed by atoms with van der Waals surface area (Å²) in [6.07, 6.45) is 2.47. The summed E-state index contributed by atoms with van der Waals surface area (Å²) in [6, 6.07) is 11.2. The lowest BCUT2D eigenvalue weighted by Crippen LogP contribution is -2.56. The number of benzene rings is 1. The van der Waals surface area contributed by atoms with Gasteiger partial charge in [-0.2, -0.15) is 4.98 Å². The van der Waals surface area contributed by atoms with Crippen molar-refractivity contribution < 1.29 is 8.78 Å². The van der Waals surface area contributed by atoms with Gasteiger partial charge in [0.2, 0.25) is 5.95 Å². The van der Waals surface area contributed by atoms with Crippen LogP contribution in [-0.2, 0) is 13.0 Å². The zero-order valence-electron chi connectivity index (χ0n) is 20.0. The van der Waals surface area contributed by atoms with Gasteiger partial charge < -0.3 is 15.5 Å². The van der Waals surface area contributed by atoms with Crippen LogP contribution in [0, 0.1) is 0 Å². The number of rotatable bonds is 5. The quantitative estimate of drug-likeness (QED) is 0.441. The molecule has 1 fully saturated rings. The molecule has 0 unspecified atom stereocenters. The van der Waals surface area contributed by atoms with E-state index in [0.29, 0.717) is 28.6 Å². The Labute approximate surface area is 205 Å². The van der Waals surface area contributed by atoms with Crippen LogP contribution in [0.2, 0.25) is 0 Å². The first-order valence-electron chi connectivity index (χ1n) is 12.0. The van der Waals surface area contributed by atoms with Crippen LogP contribution < -0.4 is 21.1 Å². The maximum absolute atomic E-state index is 13.4. The first-order valence-corrected chi connectivity index (χ1v) is 12.0. The van der Waals surface area contributed by atoms with E-state index in [9.17, 15) is 13.6 Å². The Kier molecular flexibility index (Phi) is 5.25. The summed E-state index contributed by atoms with van der Waals surface area (Å²) in [5, 5.41) is 6.98. The standard InChI is InChI=1S/C25H26F2N8O/c1-15(2)34-23(36)19-12-29-24(30-18-7-6-17-11-28-9-8-16(17)10-18)32-22(19)35(34)21-5-3-4-20(31-21)33-13-25(26,27)14-33/h3-7,10,12,15,28H,8-9,11,13-14H2,1-2H3,(H,29,30,32). The van der Waals surface area contributed by atoms with Gasteiger partial charge in [-0.1, -0.05) is 12.1 Å². The van der Waals surface area contributed by atoms with E-state index < -0.39 is 5.92 Å². The van der Waals surface area contributed by atoms with Crippen molar-refractivity contribution in [3.8, 4) is 5.82 Å². The van der Waals surface area contributed by atoms with Crippen LogP contribution in [0.4, 0.5) is 26.2 Å². The van der Waals surface area contributed by atoms with Crippen LogP contribution >= 0.6 is 0 Å². The molecule has 4 aromatic rings. The van der Waals surface area contributed by atoms with Gasteiger partial charge in [-0.3, -0.25) is 4.79 Å². The van der Waals surface area contributed by atoms with Gasteiger partial charge in [-0.15, -0.1) is 0 Å². The highest BCUT2D eigenvalue weighted by atomic mass is 19.3. The average molecular weight is 493 g/mol. The molecule has 0 saturated carbocycles. The molecule has 3 aromatic heterocycles. The summed E-state index contributed by atoms with van der Waals surface area (Å²) in [7, 11) is 0. The molecule has 0 spiro atoms. The Morgan fingerprint density at radius 3 is 2.67 bits per heavy atom. The van der Waals surface area contributed by atoms with Crippen molar-refractivity contribution in [2.45, 2.75) is 38.8 Å². The number of hydrogen-bond acceptors (Lipinski definition) is 7. The van der Waals surface area contributed by atoms with Crippen LogP contribution in [0.1, 0.15) is 31.0 Å². The third-order valence-electron chi connectivity index (χ3n) is 6.57. The van der Waals surface area contributed by atoms with Crippen molar-refractivity contribution in [2.24, 2.45) is 0 Å². The Balaban J connectivity index is 1.42. The molecule has 5 heterocycles. The third-order valence-corrected chi connectivity index (χ3v) is 6.57. The SMILES string of the molecule is CC(C)n1c(=O)c2cnc(Nc3ccc4c(c3)CCNC4)nc2n1-c1cccc(N2CC(F)(F)C2)n1. The van der Waals surface area contributed by atoms with E-state index in [2.05, 4.69) is 37.7 Å². The molecule has 186 valence electrons. The van der Waals surface area contributed by atoms with Gasteiger partial charge in [-0.25, -0.2) is 28.1 Å². The van der Waals surface area contributed by atoms with Crippen molar-refractivity contribution in [1.82, 2.24) is 29.6 Å². The molecule has 0 amide bonds.